The minimum absolute atomic E-state index is 0.000112. The Hall–Kier alpha value is -3.52. The van der Waals surface area contributed by atoms with Crippen LogP contribution in [0, 0.1) is 5.82 Å². The second-order valence-electron chi connectivity index (χ2n) is 8.60. The Morgan fingerprint density at radius 3 is 2.73 bits per heavy atom. The third-order valence-electron chi connectivity index (χ3n) is 6.92. The van der Waals surface area contributed by atoms with Gasteiger partial charge in [0, 0.05) is 25.3 Å². The van der Waals surface area contributed by atoms with Crippen LogP contribution >= 0.6 is 0 Å². The molecular formula is C25H21FN2O5. The number of amides is 2. The van der Waals surface area contributed by atoms with E-state index in [0.29, 0.717) is 24.4 Å². The van der Waals surface area contributed by atoms with Gasteiger partial charge < -0.3 is 19.0 Å². The van der Waals surface area contributed by atoms with Gasteiger partial charge in [-0.15, -0.1) is 0 Å². The molecule has 8 heteroatoms. The van der Waals surface area contributed by atoms with Crippen molar-refractivity contribution < 1.29 is 23.1 Å². The Bertz CT molecular complexity index is 1390. The summed E-state index contributed by atoms with van der Waals surface area (Å²) >= 11 is 0. The van der Waals surface area contributed by atoms with E-state index in [0.717, 1.165) is 18.9 Å². The number of fused-ring (bicyclic) bond motifs is 5. The highest BCUT2D eigenvalue weighted by Crippen LogP contribution is 2.52. The van der Waals surface area contributed by atoms with Gasteiger partial charge in [0.15, 0.2) is 11.0 Å². The molecule has 1 saturated heterocycles. The average molecular weight is 448 g/mol. The molecule has 3 aromatic rings. The van der Waals surface area contributed by atoms with E-state index in [2.05, 4.69) is 0 Å². The Balaban J connectivity index is 1.70. The van der Waals surface area contributed by atoms with Gasteiger partial charge in [-0.05, 0) is 44.0 Å². The molecule has 0 bridgehead atoms. The molecule has 0 unspecified atom stereocenters. The fourth-order valence-corrected chi connectivity index (χ4v) is 5.52. The van der Waals surface area contributed by atoms with Crippen LogP contribution in [0.2, 0.25) is 0 Å². The maximum Gasteiger partial charge on any atom is 0.291 e. The summed E-state index contributed by atoms with van der Waals surface area (Å²) in [7, 11) is 0. The Morgan fingerprint density at radius 2 is 1.97 bits per heavy atom. The average Bonchev–Trinajstić information content (AvgIpc) is 3.48. The summed E-state index contributed by atoms with van der Waals surface area (Å²) in [6, 6.07) is 10.8. The van der Waals surface area contributed by atoms with Crippen molar-refractivity contribution in [2.45, 2.75) is 31.4 Å². The normalized spacial score (nSPS) is 23.8. The van der Waals surface area contributed by atoms with Crippen LogP contribution in [0.15, 0.2) is 51.7 Å². The van der Waals surface area contributed by atoms with Crippen LogP contribution in [0.1, 0.15) is 41.4 Å². The van der Waals surface area contributed by atoms with Crippen molar-refractivity contribution in [3.8, 4) is 0 Å². The number of likely N-dealkylation sites (N-methyl/N-ethyl adjacent to an activating group) is 1. The second-order valence-corrected chi connectivity index (χ2v) is 8.60. The van der Waals surface area contributed by atoms with Crippen molar-refractivity contribution in [3.05, 3.63) is 75.4 Å². The summed E-state index contributed by atoms with van der Waals surface area (Å²) in [5.74, 6) is -1.69. The van der Waals surface area contributed by atoms with E-state index in [-0.39, 0.29) is 40.8 Å². The van der Waals surface area contributed by atoms with Crippen LogP contribution in [-0.4, -0.2) is 42.5 Å². The molecule has 1 fully saturated rings. The molecule has 7 nitrogen and oxygen atoms in total. The smallest absolute Gasteiger partial charge is 0.291 e. The molecule has 2 atom stereocenters. The minimum Gasteiger partial charge on any atom is -0.450 e. The monoisotopic (exact) mass is 448 g/mol. The summed E-state index contributed by atoms with van der Waals surface area (Å²) in [5, 5.41) is 0.000112. The van der Waals surface area contributed by atoms with E-state index in [9.17, 15) is 18.8 Å². The zero-order valence-electron chi connectivity index (χ0n) is 18.0. The number of rotatable bonds is 3. The lowest BCUT2D eigenvalue weighted by Crippen LogP contribution is -2.55. The van der Waals surface area contributed by atoms with E-state index in [1.807, 2.05) is 13.0 Å². The van der Waals surface area contributed by atoms with Crippen molar-refractivity contribution in [1.29, 1.82) is 0 Å². The molecular weight excluding hydrogens is 427 g/mol. The third-order valence-corrected chi connectivity index (χ3v) is 6.92. The molecule has 3 aliphatic heterocycles. The molecule has 2 amide bonds. The van der Waals surface area contributed by atoms with Gasteiger partial charge in [-0.25, -0.2) is 4.39 Å². The molecule has 1 spiro atoms. The summed E-state index contributed by atoms with van der Waals surface area (Å²) < 4.78 is 25.7. The maximum absolute atomic E-state index is 14.1. The molecule has 3 aliphatic rings. The predicted octanol–water partition coefficient (Wildman–Crippen LogP) is 3.18. The first-order valence-electron chi connectivity index (χ1n) is 11.1. The number of hydrogen-bond donors (Lipinski definition) is 0. The van der Waals surface area contributed by atoms with Crippen LogP contribution < -0.4 is 10.3 Å². The lowest BCUT2D eigenvalue weighted by atomic mass is 9.83. The summed E-state index contributed by atoms with van der Waals surface area (Å²) in [5.41, 5.74) is -1.00. The van der Waals surface area contributed by atoms with E-state index in [1.54, 1.807) is 23.1 Å². The number of halogens is 1. The number of hydrogen-bond acceptors (Lipinski definition) is 5. The van der Waals surface area contributed by atoms with E-state index < -0.39 is 22.7 Å². The van der Waals surface area contributed by atoms with E-state index in [4.69, 9.17) is 9.15 Å². The Morgan fingerprint density at radius 1 is 1.15 bits per heavy atom. The molecule has 0 radical (unpaired) electrons. The van der Waals surface area contributed by atoms with E-state index in [1.165, 1.54) is 17.0 Å². The number of nitrogens with zero attached hydrogens (tertiary/aromatic N) is 2. The molecule has 0 aliphatic carbocycles. The number of anilines is 1. The predicted molar refractivity (Wildman–Crippen MR) is 118 cm³/mol. The van der Waals surface area contributed by atoms with Gasteiger partial charge in [-0.2, -0.15) is 0 Å². The first kappa shape index (κ1) is 20.1. The maximum atomic E-state index is 14.1. The number of para-hydroxylation sites is 1. The number of carbonyl (C=O) groups is 2. The van der Waals surface area contributed by atoms with Crippen LogP contribution in [0.3, 0.4) is 0 Å². The van der Waals surface area contributed by atoms with Crippen LogP contribution in [0.25, 0.3) is 11.0 Å². The summed E-state index contributed by atoms with van der Waals surface area (Å²) in [4.78, 5) is 44.7. The molecule has 6 rings (SSSR count). The van der Waals surface area contributed by atoms with Gasteiger partial charge in [-0.3, -0.25) is 14.4 Å². The molecule has 1 aromatic heterocycles. The standard InChI is InChI=1S/C25H21FN2O5/c1-2-27-18-8-4-3-7-17(18)25(24(27)31)20-21(29)16-12-14(26)9-10-19(16)33-22(20)23(30)28(25)13-15-6-5-11-32-15/h3-4,7-10,12,15H,2,5-6,11,13H2,1H3/t15-,25-/m0/s1. The van der Waals surface area contributed by atoms with Gasteiger partial charge in [0.25, 0.3) is 11.8 Å². The fourth-order valence-electron chi connectivity index (χ4n) is 5.52. The molecule has 33 heavy (non-hydrogen) atoms. The highest BCUT2D eigenvalue weighted by atomic mass is 19.1. The van der Waals surface area contributed by atoms with Gasteiger partial charge >= 0.3 is 0 Å². The van der Waals surface area contributed by atoms with Crippen LogP contribution in [0.4, 0.5) is 10.1 Å². The highest BCUT2D eigenvalue weighted by Gasteiger charge is 2.65. The number of ether oxygens (including phenoxy) is 1. The third kappa shape index (κ3) is 2.49. The largest absolute Gasteiger partial charge is 0.450 e. The van der Waals surface area contributed by atoms with Crippen LogP contribution in [-0.2, 0) is 15.1 Å². The van der Waals surface area contributed by atoms with Crippen molar-refractivity contribution in [2.24, 2.45) is 0 Å². The lowest BCUT2D eigenvalue weighted by molar-refractivity contribution is -0.126. The second kappa shape index (κ2) is 6.99. The number of carbonyl (C=O) groups excluding carboxylic acids is 2. The first-order valence-corrected chi connectivity index (χ1v) is 11.1. The molecule has 0 saturated carbocycles. The topological polar surface area (TPSA) is 80.1 Å². The molecule has 4 heterocycles. The molecule has 168 valence electrons. The summed E-state index contributed by atoms with van der Waals surface area (Å²) in [6.07, 6.45) is 1.36. The van der Waals surface area contributed by atoms with Gasteiger partial charge in [0.2, 0.25) is 5.76 Å². The van der Waals surface area contributed by atoms with Crippen LogP contribution in [0.5, 0.6) is 0 Å². The van der Waals surface area contributed by atoms with Crippen molar-refractivity contribution in [3.63, 3.8) is 0 Å². The number of benzene rings is 2. The van der Waals surface area contributed by atoms with Gasteiger partial charge in [-0.1, -0.05) is 18.2 Å². The zero-order valence-corrected chi connectivity index (χ0v) is 18.0. The Labute approximate surface area is 188 Å². The quantitative estimate of drug-likeness (QED) is 0.615. The summed E-state index contributed by atoms with van der Waals surface area (Å²) in [6.45, 7) is 2.93. The first-order chi connectivity index (χ1) is 16.0. The Kier molecular flexibility index (Phi) is 4.26. The highest BCUT2D eigenvalue weighted by molar-refractivity contribution is 6.17. The minimum atomic E-state index is -1.67. The zero-order chi connectivity index (χ0) is 22.9. The van der Waals surface area contributed by atoms with Crippen molar-refractivity contribution in [1.82, 2.24) is 4.90 Å². The van der Waals surface area contributed by atoms with E-state index >= 15 is 0 Å². The van der Waals surface area contributed by atoms with Gasteiger partial charge in [0.1, 0.15) is 11.4 Å². The lowest BCUT2D eigenvalue weighted by Gasteiger charge is -2.35. The molecule has 2 aromatic carbocycles. The van der Waals surface area contributed by atoms with Gasteiger partial charge in [0.05, 0.1) is 22.7 Å². The molecule has 0 N–H and O–H groups in total. The van der Waals surface area contributed by atoms with Crippen molar-refractivity contribution in [2.75, 3.05) is 24.6 Å². The SMILES string of the molecule is CCN1C(=O)[C@]2(c3ccccc31)c1c(oc3ccc(F)cc3c1=O)C(=O)N2C[C@@H]1CCCO1. The fraction of sp³-hybridized carbons (Fsp3) is 0.320. The van der Waals surface area contributed by atoms with Crippen molar-refractivity contribution >= 4 is 28.5 Å².